The van der Waals surface area contributed by atoms with Gasteiger partial charge >= 0.3 is 12.0 Å². The van der Waals surface area contributed by atoms with E-state index in [4.69, 9.17) is 4.74 Å². The molecule has 2 heterocycles. The van der Waals surface area contributed by atoms with Crippen LogP contribution >= 0.6 is 11.8 Å². The van der Waals surface area contributed by atoms with E-state index in [1.165, 1.54) is 22.7 Å². The fourth-order valence-electron chi connectivity index (χ4n) is 2.89. The zero-order valence-corrected chi connectivity index (χ0v) is 14.6. The number of rotatable bonds is 5. The molecule has 1 aromatic rings. The number of esters is 1. The number of imide groups is 1. The Morgan fingerprint density at radius 3 is 2.88 bits per heavy atom. The molecule has 9 heteroatoms. The molecule has 2 N–H and O–H groups in total. The highest BCUT2D eigenvalue weighted by Crippen LogP contribution is 2.56. The lowest BCUT2D eigenvalue weighted by Gasteiger charge is -2.28. The van der Waals surface area contributed by atoms with E-state index in [9.17, 15) is 19.2 Å². The van der Waals surface area contributed by atoms with Gasteiger partial charge in [-0.3, -0.25) is 19.8 Å². The van der Waals surface area contributed by atoms with Gasteiger partial charge < -0.3 is 10.1 Å². The fraction of sp³-hybridized carbons (Fsp3) is 0.294. The van der Waals surface area contributed by atoms with Gasteiger partial charge in [0.2, 0.25) is 5.91 Å². The van der Waals surface area contributed by atoms with Crippen molar-refractivity contribution in [3.8, 4) is 0 Å². The van der Waals surface area contributed by atoms with Crippen LogP contribution in [-0.4, -0.2) is 41.8 Å². The van der Waals surface area contributed by atoms with E-state index in [1.807, 2.05) is 17.4 Å². The standard InChI is InChI=1S/C17H17N3O5S/c1-2-9-18-16(24)19-13(21)10-25-15(23)17-8-7-14(22)20(17)11-5-3-4-6-12(11)26-17/h2-6H,1,7-10H2,(H2,18,19,21,24)/t17-/m0/s1. The predicted molar refractivity (Wildman–Crippen MR) is 94.4 cm³/mol. The lowest BCUT2D eigenvalue weighted by atomic mass is 10.2. The van der Waals surface area contributed by atoms with Crippen molar-refractivity contribution in [1.82, 2.24) is 10.6 Å². The van der Waals surface area contributed by atoms with Gasteiger partial charge in [-0.05, 0) is 12.1 Å². The third kappa shape index (κ3) is 3.17. The summed E-state index contributed by atoms with van der Waals surface area (Å²) in [5, 5.41) is 4.42. The zero-order chi connectivity index (χ0) is 18.7. The van der Waals surface area contributed by atoms with Gasteiger partial charge in [0.05, 0.1) is 5.69 Å². The van der Waals surface area contributed by atoms with E-state index < -0.39 is 29.4 Å². The molecule has 0 bridgehead atoms. The number of anilines is 1. The van der Waals surface area contributed by atoms with Crippen molar-refractivity contribution >= 4 is 41.3 Å². The summed E-state index contributed by atoms with van der Waals surface area (Å²) in [7, 11) is 0. The molecular formula is C17H17N3O5S. The van der Waals surface area contributed by atoms with Crippen LogP contribution in [0.15, 0.2) is 41.8 Å². The molecule has 2 aliphatic heterocycles. The molecule has 1 atom stereocenters. The SMILES string of the molecule is C=CCNC(=O)NC(=O)COC(=O)[C@@]12CCC(=O)N1c1ccccc1S2. The molecule has 26 heavy (non-hydrogen) atoms. The Hall–Kier alpha value is -2.81. The molecule has 0 aliphatic carbocycles. The van der Waals surface area contributed by atoms with Crippen molar-refractivity contribution in [2.24, 2.45) is 0 Å². The smallest absolute Gasteiger partial charge is 0.344 e. The van der Waals surface area contributed by atoms with Gasteiger partial charge in [-0.2, -0.15) is 0 Å². The van der Waals surface area contributed by atoms with Crippen LogP contribution in [0.5, 0.6) is 0 Å². The number of nitrogens with zero attached hydrogens (tertiary/aromatic N) is 1. The van der Waals surface area contributed by atoms with Gasteiger partial charge in [0.15, 0.2) is 11.5 Å². The Labute approximate surface area is 153 Å². The number of nitrogens with one attached hydrogen (secondary N) is 2. The molecule has 3 rings (SSSR count). The average molecular weight is 375 g/mol. The van der Waals surface area contributed by atoms with Gasteiger partial charge in [-0.15, -0.1) is 6.58 Å². The van der Waals surface area contributed by atoms with E-state index in [0.29, 0.717) is 12.1 Å². The second-order valence-corrected chi connectivity index (χ2v) is 7.03. The van der Waals surface area contributed by atoms with Gasteiger partial charge in [-0.1, -0.05) is 30.0 Å². The minimum atomic E-state index is -1.19. The predicted octanol–water partition coefficient (Wildman–Crippen LogP) is 1.17. The highest BCUT2D eigenvalue weighted by molar-refractivity contribution is 8.02. The number of urea groups is 1. The van der Waals surface area contributed by atoms with Crippen LogP contribution in [0.1, 0.15) is 12.8 Å². The number of carbonyl (C=O) groups excluding carboxylic acids is 4. The molecule has 1 fully saturated rings. The largest absolute Gasteiger partial charge is 0.453 e. The van der Waals surface area contributed by atoms with Crippen LogP contribution < -0.4 is 15.5 Å². The van der Waals surface area contributed by atoms with Crippen LogP contribution in [-0.2, 0) is 19.1 Å². The molecule has 0 aromatic heterocycles. The van der Waals surface area contributed by atoms with Gasteiger partial charge in [0.1, 0.15) is 0 Å². The Bertz CT molecular complexity index is 796. The Kier molecular flexibility index (Phi) is 4.99. The molecule has 0 spiro atoms. The van der Waals surface area contributed by atoms with Crippen molar-refractivity contribution in [2.75, 3.05) is 18.1 Å². The zero-order valence-electron chi connectivity index (χ0n) is 13.8. The van der Waals surface area contributed by atoms with Crippen LogP contribution in [0.25, 0.3) is 0 Å². The molecule has 4 amide bonds. The van der Waals surface area contributed by atoms with Gasteiger partial charge in [0.25, 0.3) is 5.91 Å². The van der Waals surface area contributed by atoms with Gasteiger partial charge in [-0.25, -0.2) is 9.59 Å². The minimum absolute atomic E-state index is 0.160. The van der Waals surface area contributed by atoms with Gasteiger partial charge in [0, 0.05) is 24.3 Å². The monoisotopic (exact) mass is 375 g/mol. The average Bonchev–Trinajstić information content (AvgIpc) is 3.14. The lowest BCUT2D eigenvalue weighted by Crippen LogP contribution is -2.49. The van der Waals surface area contributed by atoms with E-state index in [0.717, 1.165) is 4.90 Å². The maximum Gasteiger partial charge on any atom is 0.344 e. The maximum absolute atomic E-state index is 12.7. The summed E-state index contributed by atoms with van der Waals surface area (Å²) >= 11 is 1.25. The summed E-state index contributed by atoms with van der Waals surface area (Å²) in [5.41, 5.74) is 0.671. The number of hydrogen-bond acceptors (Lipinski definition) is 6. The highest BCUT2D eigenvalue weighted by Gasteiger charge is 2.58. The first-order chi connectivity index (χ1) is 12.5. The summed E-state index contributed by atoms with van der Waals surface area (Å²) in [4.78, 5) is 49.2. The minimum Gasteiger partial charge on any atom is -0.453 e. The number of benzene rings is 1. The first kappa shape index (κ1) is 18.0. The first-order valence-electron chi connectivity index (χ1n) is 7.95. The third-order valence-corrected chi connectivity index (χ3v) is 5.44. The van der Waals surface area contributed by atoms with Crippen LogP contribution in [0.3, 0.4) is 0 Å². The van der Waals surface area contributed by atoms with Crippen molar-refractivity contribution in [1.29, 1.82) is 0 Å². The molecule has 8 nitrogen and oxygen atoms in total. The second-order valence-electron chi connectivity index (χ2n) is 5.71. The van der Waals surface area contributed by atoms with Crippen molar-refractivity contribution in [3.05, 3.63) is 36.9 Å². The van der Waals surface area contributed by atoms with E-state index in [2.05, 4.69) is 11.9 Å². The number of hydrogen-bond donors (Lipinski definition) is 2. The first-order valence-corrected chi connectivity index (χ1v) is 8.76. The molecule has 0 saturated carbocycles. The summed E-state index contributed by atoms with van der Waals surface area (Å²) in [6, 6.07) is 6.52. The molecule has 2 aliphatic rings. The normalized spacial score (nSPS) is 20.2. The van der Waals surface area contributed by atoms with E-state index in [-0.39, 0.29) is 18.9 Å². The summed E-state index contributed by atoms with van der Waals surface area (Å²) in [6.45, 7) is 3.03. The summed E-state index contributed by atoms with van der Waals surface area (Å²) in [5.74, 6) is -1.59. The third-order valence-electron chi connectivity index (χ3n) is 3.99. The van der Waals surface area contributed by atoms with Crippen molar-refractivity contribution < 1.29 is 23.9 Å². The molecule has 1 saturated heterocycles. The maximum atomic E-state index is 12.7. The number of fused-ring (bicyclic) bond motifs is 3. The Morgan fingerprint density at radius 2 is 2.12 bits per heavy atom. The number of para-hydroxylation sites is 1. The molecule has 0 radical (unpaired) electrons. The number of carbonyl (C=O) groups is 4. The molecular weight excluding hydrogens is 358 g/mol. The fourth-order valence-corrected chi connectivity index (χ4v) is 4.30. The van der Waals surface area contributed by atoms with Crippen LogP contribution in [0.4, 0.5) is 10.5 Å². The number of ether oxygens (including phenoxy) is 1. The second kappa shape index (κ2) is 7.20. The Morgan fingerprint density at radius 1 is 1.35 bits per heavy atom. The number of amides is 4. The number of thioether (sulfide) groups is 1. The molecule has 0 unspecified atom stereocenters. The topological polar surface area (TPSA) is 105 Å². The lowest BCUT2D eigenvalue weighted by molar-refractivity contribution is -0.150. The van der Waals surface area contributed by atoms with E-state index in [1.54, 1.807) is 12.1 Å². The van der Waals surface area contributed by atoms with Crippen molar-refractivity contribution in [3.63, 3.8) is 0 Å². The summed E-state index contributed by atoms with van der Waals surface area (Å²) in [6.07, 6.45) is 1.99. The summed E-state index contributed by atoms with van der Waals surface area (Å²) < 4.78 is 5.11. The Balaban J connectivity index is 1.65. The van der Waals surface area contributed by atoms with Crippen LogP contribution in [0, 0.1) is 0 Å². The highest BCUT2D eigenvalue weighted by atomic mass is 32.2. The molecule has 136 valence electrons. The van der Waals surface area contributed by atoms with Crippen LogP contribution in [0.2, 0.25) is 0 Å². The molecule has 1 aromatic carbocycles. The van der Waals surface area contributed by atoms with Crippen molar-refractivity contribution in [2.45, 2.75) is 22.6 Å². The van der Waals surface area contributed by atoms with E-state index >= 15 is 0 Å². The quantitative estimate of drug-likeness (QED) is 0.591.